The van der Waals surface area contributed by atoms with Gasteiger partial charge in [0.05, 0.1) is 24.3 Å². The number of anilines is 1. The highest BCUT2D eigenvalue weighted by molar-refractivity contribution is 8.00. The molecule has 2 atom stereocenters. The van der Waals surface area contributed by atoms with Gasteiger partial charge in [-0.1, -0.05) is 49.0 Å². The first-order valence-electron chi connectivity index (χ1n) is 9.83. The van der Waals surface area contributed by atoms with Crippen molar-refractivity contribution in [1.82, 2.24) is 4.98 Å². The van der Waals surface area contributed by atoms with E-state index in [9.17, 15) is 25.5 Å². The number of benzene rings is 1. The van der Waals surface area contributed by atoms with Crippen LogP contribution in [0.15, 0.2) is 35.4 Å². The molecule has 3 rings (SSSR count). The number of nitrogens with zero attached hydrogens (tertiary/aromatic N) is 4. The highest BCUT2D eigenvalue weighted by Gasteiger charge is 2.38. The summed E-state index contributed by atoms with van der Waals surface area (Å²) in [6.07, 6.45) is 0.744. The van der Waals surface area contributed by atoms with Gasteiger partial charge in [-0.3, -0.25) is 4.79 Å². The lowest BCUT2D eigenvalue weighted by Crippen LogP contribution is -2.37. The van der Waals surface area contributed by atoms with Crippen molar-refractivity contribution in [3.63, 3.8) is 0 Å². The Morgan fingerprint density at radius 3 is 2.52 bits per heavy atom. The Hall–Kier alpha value is -3.11. The van der Waals surface area contributed by atoms with Gasteiger partial charge >= 0.3 is 0 Å². The van der Waals surface area contributed by atoms with Gasteiger partial charge in [0.2, 0.25) is 5.91 Å². The molecule has 0 unspecified atom stereocenters. The van der Waals surface area contributed by atoms with Gasteiger partial charge in [0.1, 0.15) is 33.8 Å². The standard InChI is InChI=1S/C22H23N5O3S/c1-2-15-16(10-23)20(27-9-8-22(30,12-27)13-28)26-21(17(15)11-24)31-18(19(25)29)14-6-4-3-5-7-14/h3-7,18,28,30H,2,8-9,12-13H2,1H3,(H2,25,29)/t18-,22+/m1/s1. The van der Waals surface area contributed by atoms with Crippen molar-refractivity contribution in [2.24, 2.45) is 5.73 Å². The molecular weight excluding hydrogens is 414 g/mol. The van der Waals surface area contributed by atoms with Crippen molar-refractivity contribution in [3.8, 4) is 12.1 Å². The Kier molecular flexibility index (Phi) is 6.81. The van der Waals surface area contributed by atoms with Gasteiger partial charge in [0.15, 0.2) is 0 Å². The summed E-state index contributed by atoms with van der Waals surface area (Å²) >= 11 is 1.07. The number of β-amino-alcohol motifs (C(OH)–C–C–N with tert-alkyl or cyclic N) is 1. The molecular formula is C22H23N5O3S. The molecule has 1 aromatic heterocycles. The summed E-state index contributed by atoms with van der Waals surface area (Å²) in [5.74, 6) is -0.233. The summed E-state index contributed by atoms with van der Waals surface area (Å²) in [6, 6.07) is 13.3. The monoisotopic (exact) mass is 437 g/mol. The molecule has 9 heteroatoms. The lowest BCUT2D eigenvalue weighted by atomic mass is 10.0. The maximum absolute atomic E-state index is 12.2. The fraction of sp³-hybridized carbons (Fsp3) is 0.364. The molecule has 1 aliphatic heterocycles. The van der Waals surface area contributed by atoms with E-state index in [4.69, 9.17) is 5.73 Å². The van der Waals surface area contributed by atoms with Crippen LogP contribution in [-0.2, 0) is 11.2 Å². The first-order chi connectivity index (χ1) is 14.9. The maximum atomic E-state index is 12.2. The topological polar surface area (TPSA) is 147 Å². The normalized spacial score (nSPS) is 18.9. The largest absolute Gasteiger partial charge is 0.393 e. The lowest BCUT2D eigenvalue weighted by Gasteiger charge is -2.24. The molecule has 0 saturated carbocycles. The number of nitriles is 2. The Morgan fingerprint density at radius 1 is 1.32 bits per heavy atom. The third-order valence-corrected chi connectivity index (χ3v) is 6.60. The van der Waals surface area contributed by atoms with Crippen molar-refractivity contribution < 1.29 is 15.0 Å². The van der Waals surface area contributed by atoms with E-state index in [-0.39, 0.29) is 17.7 Å². The Bertz CT molecular complexity index is 1060. The van der Waals surface area contributed by atoms with E-state index in [2.05, 4.69) is 17.1 Å². The van der Waals surface area contributed by atoms with Crippen molar-refractivity contribution in [2.75, 3.05) is 24.6 Å². The predicted octanol–water partition coefficient (Wildman–Crippen LogP) is 1.64. The van der Waals surface area contributed by atoms with Crippen molar-refractivity contribution in [3.05, 3.63) is 52.6 Å². The fourth-order valence-electron chi connectivity index (χ4n) is 3.69. The van der Waals surface area contributed by atoms with Gasteiger partial charge in [-0.05, 0) is 24.0 Å². The predicted molar refractivity (Wildman–Crippen MR) is 116 cm³/mol. The molecule has 160 valence electrons. The number of nitrogens with two attached hydrogens (primary N) is 1. The third kappa shape index (κ3) is 4.49. The number of carbonyl (C=O) groups is 1. The molecule has 31 heavy (non-hydrogen) atoms. The molecule has 8 nitrogen and oxygen atoms in total. The zero-order chi connectivity index (χ0) is 22.6. The van der Waals surface area contributed by atoms with Gasteiger partial charge in [0.25, 0.3) is 0 Å². The third-order valence-electron chi connectivity index (χ3n) is 5.34. The number of pyridine rings is 1. The van der Waals surface area contributed by atoms with E-state index in [0.717, 1.165) is 11.8 Å². The van der Waals surface area contributed by atoms with Crippen molar-refractivity contribution in [2.45, 2.75) is 35.6 Å². The minimum absolute atomic E-state index is 0.113. The molecule has 1 aromatic carbocycles. The minimum Gasteiger partial charge on any atom is -0.393 e. The summed E-state index contributed by atoms with van der Waals surface area (Å²) < 4.78 is 0. The summed E-state index contributed by atoms with van der Waals surface area (Å²) in [7, 11) is 0. The van der Waals surface area contributed by atoms with E-state index in [1.54, 1.807) is 29.2 Å². The number of aliphatic hydroxyl groups excluding tert-OH is 1. The number of hydrogen-bond acceptors (Lipinski definition) is 8. The number of thioether (sulfide) groups is 1. The molecule has 0 bridgehead atoms. The van der Waals surface area contributed by atoms with Crippen LogP contribution < -0.4 is 10.6 Å². The molecule has 1 saturated heterocycles. The Labute approximate surface area is 184 Å². The number of primary amides is 1. The van der Waals surface area contributed by atoms with Crippen LogP contribution in [0, 0.1) is 22.7 Å². The second-order valence-corrected chi connectivity index (χ2v) is 8.51. The molecule has 1 amide bonds. The fourth-order valence-corrected chi connectivity index (χ4v) is 4.75. The van der Waals surface area contributed by atoms with Crippen LogP contribution in [0.2, 0.25) is 0 Å². The number of carbonyl (C=O) groups excluding carboxylic acids is 1. The van der Waals surface area contributed by atoms with Gasteiger partial charge in [-0.25, -0.2) is 4.98 Å². The molecule has 0 aliphatic carbocycles. The number of rotatable bonds is 7. The van der Waals surface area contributed by atoms with Crippen LogP contribution in [-0.4, -0.2) is 46.4 Å². The number of aromatic nitrogens is 1. The van der Waals surface area contributed by atoms with Crippen LogP contribution in [0.4, 0.5) is 5.82 Å². The highest BCUT2D eigenvalue weighted by Crippen LogP contribution is 2.40. The molecule has 0 radical (unpaired) electrons. The zero-order valence-corrected chi connectivity index (χ0v) is 17.9. The van der Waals surface area contributed by atoms with Crippen LogP contribution in [0.5, 0.6) is 0 Å². The van der Waals surface area contributed by atoms with Gasteiger partial charge in [-0.2, -0.15) is 10.5 Å². The molecule has 2 heterocycles. The molecule has 2 aromatic rings. The maximum Gasteiger partial charge on any atom is 0.235 e. The van der Waals surface area contributed by atoms with Crippen molar-refractivity contribution >= 4 is 23.5 Å². The smallest absolute Gasteiger partial charge is 0.235 e. The second-order valence-electron chi connectivity index (χ2n) is 7.41. The SMILES string of the molecule is CCc1c(C#N)c(S[C@@H](C(N)=O)c2ccccc2)nc(N2CC[C@@](O)(CO)C2)c1C#N. The summed E-state index contributed by atoms with van der Waals surface area (Å²) in [4.78, 5) is 18.5. The number of amides is 1. The first-order valence-corrected chi connectivity index (χ1v) is 10.7. The van der Waals surface area contributed by atoms with Crippen LogP contribution in [0.3, 0.4) is 0 Å². The van der Waals surface area contributed by atoms with Gasteiger partial charge < -0.3 is 20.8 Å². The molecule has 0 spiro atoms. The number of hydrogen-bond donors (Lipinski definition) is 3. The quantitative estimate of drug-likeness (QED) is 0.554. The average Bonchev–Trinajstić information content (AvgIpc) is 3.19. The van der Waals surface area contributed by atoms with E-state index in [0.29, 0.717) is 41.4 Å². The lowest BCUT2D eigenvalue weighted by molar-refractivity contribution is -0.117. The highest BCUT2D eigenvalue weighted by atomic mass is 32.2. The average molecular weight is 438 g/mol. The Morgan fingerprint density at radius 2 is 2.00 bits per heavy atom. The van der Waals surface area contributed by atoms with E-state index in [1.807, 2.05) is 13.0 Å². The van der Waals surface area contributed by atoms with E-state index < -0.39 is 23.4 Å². The van der Waals surface area contributed by atoms with Crippen LogP contribution >= 0.6 is 11.8 Å². The van der Waals surface area contributed by atoms with Gasteiger partial charge in [0, 0.05) is 6.54 Å². The first kappa shape index (κ1) is 22.6. The zero-order valence-electron chi connectivity index (χ0n) is 17.1. The van der Waals surface area contributed by atoms with Crippen molar-refractivity contribution in [1.29, 1.82) is 10.5 Å². The van der Waals surface area contributed by atoms with E-state index >= 15 is 0 Å². The van der Waals surface area contributed by atoms with E-state index in [1.165, 1.54) is 0 Å². The summed E-state index contributed by atoms with van der Waals surface area (Å²) in [5, 5.41) is 39.1. The Balaban J connectivity index is 2.13. The molecule has 1 fully saturated rings. The summed E-state index contributed by atoms with van der Waals surface area (Å²) in [6.45, 7) is 1.95. The van der Waals surface area contributed by atoms with Crippen LogP contribution in [0.25, 0.3) is 0 Å². The van der Waals surface area contributed by atoms with Gasteiger partial charge in [-0.15, -0.1) is 0 Å². The summed E-state index contributed by atoms with van der Waals surface area (Å²) in [5.41, 5.74) is 6.11. The minimum atomic E-state index is -1.28. The molecule has 4 N–H and O–H groups in total. The second kappa shape index (κ2) is 9.36. The van der Waals surface area contributed by atoms with Crippen LogP contribution in [0.1, 0.15) is 40.8 Å². The molecule has 1 aliphatic rings. The number of aliphatic hydroxyl groups is 2.